The number of alkyl carbamates (subject to hydrolysis) is 1. The van der Waals surface area contributed by atoms with Crippen molar-refractivity contribution in [2.24, 2.45) is 11.8 Å². The molecule has 0 saturated carbocycles. The summed E-state index contributed by atoms with van der Waals surface area (Å²) in [5.74, 6) is -2.46. The zero-order valence-corrected chi connectivity index (χ0v) is 19.7. The molecule has 1 fully saturated rings. The molecule has 0 radical (unpaired) electrons. The summed E-state index contributed by atoms with van der Waals surface area (Å²) < 4.78 is 5.58. The lowest BCUT2D eigenvalue weighted by molar-refractivity contribution is -0.143. The lowest BCUT2D eigenvalue weighted by atomic mass is 9.97. The van der Waals surface area contributed by atoms with Crippen molar-refractivity contribution in [3.05, 3.63) is 35.9 Å². The number of hydrogen-bond acceptors (Lipinski definition) is 5. The molecule has 1 aromatic rings. The molecule has 3 atom stereocenters. The van der Waals surface area contributed by atoms with Gasteiger partial charge in [-0.25, -0.2) is 9.59 Å². The van der Waals surface area contributed by atoms with Crippen molar-refractivity contribution in [1.82, 2.24) is 16.0 Å². The van der Waals surface area contributed by atoms with E-state index >= 15 is 0 Å². The van der Waals surface area contributed by atoms with Crippen LogP contribution in [-0.2, 0) is 25.5 Å². The third-order valence-corrected chi connectivity index (χ3v) is 5.45. The molecule has 1 heterocycles. The molecule has 9 nitrogen and oxygen atoms in total. The monoisotopic (exact) mass is 461 g/mol. The number of nitrogens with one attached hydrogen (secondary N) is 3. The van der Waals surface area contributed by atoms with Gasteiger partial charge in [0.05, 0.1) is 0 Å². The first-order chi connectivity index (χ1) is 15.5. The number of amides is 3. The molecule has 0 aliphatic carbocycles. The molecular formula is C24H35N3O6. The fourth-order valence-electron chi connectivity index (χ4n) is 3.90. The molecule has 0 bridgehead atoms. The van der Waals surface area contributed by atoms with Gasteiger partial charge in [0.2, 0.25) is 11.8 Å². The number of ether oxygens (including phenoxy) is 1. The first kappa shape index (κ1) is 26.2. The second-order valence-electron chi connectivity index (χ2n) is 9.55. The minimum Gasteiger partial charge on any atom is -0.480 e. The molecular weight excluding hydrogens is 426 g/mol. The van der Waals surface area contributed by atoms with E-state index in [1.807, 2.05) is 44.2 Å². The minimum atomic E-state index is -1.23. The van der Waals surface area contributed by atoms with E-state index in [2.05, 4.69) is 16.0 Å². The van der Waals surface area contributed by atoms with Gasteiger partial charge < -0.3 is 25.8 Å². The van der Waals surface area contributed by atoms with E-state index < -0.39 is 41.6 Å². The van der Waals surface area contributed by atoms with Crippen molar-refractivity contribution in [2.75, 3.05) is 6.54 Å². The van der Waals surface area contributed by atoms with Crippen LogP contribution < -0.4 is 16.0 Å². The molecule has 182 valence electrons. The van der Waals surface area contributed by atoms with Gasteiger partial charge in [0.1, 0.15) is 17.7 Å². The number of rotatable bonds is 11. The van der Waals surface area contributed by atoms with Crippen LogP contribution in [0.4, 0.5) is 4.79 Å². The first-order valence-electron chi connectivity index (χ1n) is 11.3. The minimum absolute atomic E-state index is 0.00411. The van der Waals surface area contributed by atoms with Crippen LogP contribution in [0.15, 0.2) is 30.3 Å². The van der Waals surface area contributed by atoms with Gasteiger partial charge >= 0.3 is 12.1 Å². The zero-order chi connectivity index (χ0) is 24.6. The second-order valence-corrected chi connectivity index (χ2v) is 9.55. The standard InChI is InChI=1S/C24H35N3O6/c1-15(2)12-18(21(29)26-19(22(30)31)13-17-10-11-25-20(17)28)27-23(32)33-24(3,4)14-16-8-6-5-7-9-16/h5-9,15,17-19H,10-14H2,1-4H3,(H,25,28)(H,26,29)(H,27,32)(H,30,31)/t17-,18-,19-/m0/s1. The van der Waals surface area contributed by atoms with Gasteiger partial charge in [-0.3, -0.25) is 9.59 Å². The highest BCUT2D eigenvalue weighted by Crippen LogP contribution is 2.19. The molecule has 0 unspecified atom stereocenters. The fraction of sp³-hybridized carbons (Fsp3) is 0.583. The lowest BCUT2D eigenvalue weighted by Crippen LogP contribution is -2.53. The number of carboxylic acids is 1. The number of carbonyl (C=O) groups is 4. The summed E-state index contributed by atoms with van der Waals surface area (Å²) in [5.41, 5.74) is 0.191. The quantitative estimate of drug-likeness (QED) is 0.399. The number of benzene rings is 1. The van der Waals surface area contributed by atoms with Crippen molar-refractivity contribution in [2.45, 2.75) is 71.1 Å². The van der Waals surface area contributed by atoms with E-state index in [0.29, 0.717) is 25.8 Å². The molecule has 33 heavy (non-hydrogen) atoms. The largest absolute Gasteiger partial charge is 0.480 e. The van der Waals surface area contributed by atoms with Gasteiger partial charge in [-0.15, -0.1) is 0 Å². The number of carbonyl (C=O) groups excluding carboxylic acids is 3. The summed E-state index contributed by atoms with van der Waals surface area (Å²) in [7, 11) is 0. The van der Waals surface area contributed by atoms with E-state index in [0.717, 1.165) is 5.56 Å². The first-order valence-corrected chi connectivity index (χ1v) is 11.3. The van der Waals surface area contributed by atoms with E-state index in [1.165, 1.54) is 0 Å². The molecule has 9 heteroatoms. The van der Waals surface area contributed by atoms with Crippen molar-refractivity contribution in [1.29, 1.82) is 0 Å². The smallest absolute Gasteiger partial charge is 0.408 e. The van der Waals surface area contributed by atoms with E-state index in [-0.39, 0.29) is 18.2 Å². The summed E-state index contributed by atoms with van der Waals surface area (Å²) in [4.78, 5) is 49.0. The highest BCUT2D eigenvalue weighted by molar-refractivity contribution is 5.90. The molecule has 4 N–H and O–H groups in total. The summed E-state index contributed by atoms with van der Waals surface area (Å²) in [5, 5.41) is 17.3. The number of aliphatic carboxylic acids is 1. The number of hydrogen-bond donors (Lipinski definition) is 4. The van der Waals surface area contributed by atoms with Crippen LogP contribution >= 0.6 is 0 Å². The topological polar surface area (TPSA) is 134 Å². The van der Waals surface area contributed by atoms with Crippen molar-refractivity contribution in [3.8, 4) is 0 Å². The lowest BCUT2D eigenvalue weighted by Gasteiger charge is -2.28. The summed E-state index contributed by atoms with van der Waals surface area (Å²) in [6.45, 7) is 7.84. The normalized spacial score (nSPS) is 17.7. The molecule has 1 saturated heterocycles. The second kappa shape index (κ2) is 11.7. The average Bonchev–Trinajstić information content (AvgIpc) is 3.10. The summed E-state index contributed by atoms with van der Waals surface area (Å²) in [6, 6.07) is 7.40. The van der Waals surface area contributed by atoms with Gasteiger partial charge in [-0.1, -0.05) is 44.2 Å². The van der Waals surface area contributed by atoms with Crippen LogP contribution in [0.25, 0.3) is 0 Å². The van der Waals surface area contributed by atoms with Gasteiger partial charge in [-0.05, 0) is 44.6 Å². The van der Waals surface area contributed by atoms with Crippen molar-refractivity contribution >= 4 is 23.9 Å². The van der Waals surface area contributed by atoms with Gasteiger partial charge in [0.25, 0.3) is 0 Å². The van der Waals surface area contributed by atoms with Crippen LogP contribution in [0.1, 0.15) is 52.5 Å². The maximum absolute atomic E-state index is 12.9. The van der Waals surface area contributed by atoms with Crippen molar-refractivity contribution < 1.29 is 29.0 Å². The van der Waals surface area contributed by atoms with E-state index in [9.17, 15) is 24.3 Å². The van der Waals surface area contributed by atoms with Crippen LogP contribution in [0.5, 0.6) is 0 Å². The maximum Gasteiger partial charge on any atom is 0.408 e. The Morgan fingerprint density at radius 3 is 2.36 bits per heavy atom. The summed E-state index contributed by atoms with van der Waals surface area (Å²) in [6.07, 6.45) is 0.562. The molecule has 3 amide bonds. The molecule has 0 spiro atoms. The SMILES string of the molecule is CC(C)C[C@H](NC(=O)OC(C)(C)Cc1ccccc1)C(=O)N[C@@H](C[C@@H]1CCNC1=O)C(=O)O. The molecule has 2 rings (SSSR count). The van der Waals surface area contributed by atoms with Crippen LogP contribution in [-0.4, -0.2) is 53.2 Å². The Hall–Kier alpha value is -3.10. The Morgan fingerprint density at radius 2 is 1.82 bits per heavy atom. The Bertz CT molecular complexity index is 840. The fourth-order valence-corrected chi connectivity index (χ4v) is 3.90. The highest BCUT2D eigenvalue weighted by atomic mass is 16.6. The Balaban J connectivity index is 2.01. The van der Waals surface area contributed by atoms with E-state index in [4.69, 9.17) is 4.74 Å². The third kappa shape index (κ3) is 8.75. The van der Waals surface area contributed by atoms with Crippen molar-refractivity contribution in [3.63, 3.8) is 0 Å². The Labute approximate surface area is 194 Å². The van der Waals surface area contributed by atoms with Gasteiger partial charge in [-0.2, -0.15) is 0 Å². The number of carboxylic acid groups (broad SMARTS) is 1. The van der Waals surface area contributed by atoms with Crippen LogP contribution in [0.2, 0.25) is 0 Å². The van der Waals surface area contributed by atoms with Gasteiger partial charge in [0, 0.05) is 18.9 Å². The van der Waals surface area contributed by atoms with Crippen LogP contribution in [0.3, 0.4) is 0 Å². The average molecular weight is 462 g/mol. The Kier molecular flexibility index (Phi) is 9.25. The molecule has 1 aliphatic heterocycles. The summed E-state index contributed by atoms with van der Waals surface area (Å²) >= 11 is 0. The molecule has 1 aromatic carbocycles. The zero-order valence-electron chi connectivity index (χ0n) is 19.7. The molecule has 0 aromatic heterocycles. The predicted molar refractivity (Wildman–Crippen MR) is 122 cm³/mol. The maximum atomic E-state index is 12.9. The Morgan fingerprint density at radius 1 is 1.15 bits per heavy atom. The predicted octanol–water partition coefficient (Wildman–Crippen LogP) is 2.24. The van der Waals surface area contributed by atoms with Gasteiger partial charge in [0.15, 0.2) is 0 Å². The molecule has 1 aliphatic rings. The van der Waals surface area contributed by atoms with E-state index in [1.54, 1.807) is 13.8 Å². The third-order valence-electron chi connectivity index (χ3n) is 5.45. The highest BCUT2D eigenvalue weighted by Gasteiger charge is 2.34. The van der Waals surface area contributed by atoms with Crippen LogP contribution in [0, 0.1) is 11.8 Å².